The molecular weight excluding hydrogens is 104 g/mol. The molecule has 0 aliphatic carbocycles. The average Bonchev–Trinajstić information content (AvgIpc) is 2.14. The van der Waals surface area contributed by atoms with Crippen molar-refractivity contribution in [2.75, 3.05) is 6.54 Å². The van der Waals surface area contributed by atoms with Gasteiger partial charge in [0.2, 0.25) is 5.91 Å². The zero-order chi connectivity index (χ0) is 5.98. The molecule has 0 aromatic heterocycles. The molecule has 0 aromatic rings. The van der Waals surface area contributed by atoms with Crippen molar-refractivity contribution in [2.45, 2.75) is 6.42 Å². The van der Waals surface area contributed by atoms with Crippen LogP contribution in [0.25, 0.3) is 0 Å². The molecule has 0 unspecified atom stereocenters. The molecule has 0 saturated carbocycles. The number of nitrogens with one attached hydrogen (secondary N) is 1. The molecule has 8 heavy (non-hydrogen) atoms. The minimum absolute atomic E-state index is 0.0208. The molecule has 3 nitrogen and oxygen atoms in total. The van der Waals surface area contributed by atoms with E-state index in [2.05, 4.69) is 5.32 Å². The number of hydrogen-bond donors (Lipinski definition) is 2. The molecule has 1 aliphatic heterocycles. The Morgan fingerprint density at radius 3 is 2.75 bits per heavy atom. The lowest BCUT2D eigenvalue weighted by molar-refractivity contribution is -0.116. The minimum Gasteiger partial charge on any atom is -0.404 e. The second kappa shape index (κ2) is 1.86. The summed E-state index contributed by atoms with van der Waals surface area (Å²) in [5.41, 5.74) is 5.80. The van der Waals surface area contributed by atoms with Gasteiger partial charge in [0.1, 0.15) is 0 Å². The van der Waals surface area contributed by atoms with Crippen molar-refractivity contribution in [3.05, 3.63) is 11.8 Å². The van der Waals surface area contributed by atoms with Gasteiger partial charge in [-0.1, -0.05) is 0 Å². The number of amides is 1. The van der Waals surface area contributed by atoms with Gasteiger partial charge in [-0.15, -0.1) is 0 Å². The zero-order valence-corrected chi connectivity index (χ0v) is 4.48. The topological polar surface area (TPSA) is 55.1 Å². The predicted molar refractivity (Wildman–Crippen MR) is 29.9 cm³/mol. The van der Waals surface area contributed by atoms with Gasteiger partial charge in [-0.3, -0.25) is 4.79 Å². The molecule has 1 saturated heterocycles. The number of nitrogens with two attached hydrogens (primary N) is 1. The van der Waals surface area contributed by atoms with Gasteiger partial charge in [-0.05, 0) is 6.42 Å². The molecule has 1 amide bonds. The van der Waals surface area contributed by atoms with Gasteiger partial charge >= 0.3 is 0 Å². The van der Waals surface area contributed by atoms with Gasteiger partial charge in [0, 0.05) is 18.3 Å². The van der Waals surface area contributed by atoms with Crippen LogP contribution in [0.2, 0.25) is 0 Å². The van der Waals surface area contributed by atoms with Crippen molar-refractivity contribution in [1.82, 2.24) is 5.32 Å². The summed E-state index contributed by atoms with van der Waals surface area (Å²) >= 11 is 0. The van der Waals surface area contributed by atoms with Crippen LogP contribution in [0.3, 0.4) is 0 Å². The number of carbonyl (C=O) groups excluding carboxylic acids is 1. The van der Waals surface area contributed by atoms with E-state index < -0.39 is 0 Å². The van der Waals surface area contributed by atoms with Gasteiger partial charge < -0.3 is 11.1 Å². The third-order valence-corrected chi connectivity index (χ3v) is 1.17. The highest BCUT2D eigenvalue weighted by Gasteiger charge is 2.13. The second-order valence-electron chi connectivity index (χ2n) is 1.70. The van der Waals surface area contributed by atoms with Gasteiger partial charge in [0.05, 0.1) is 0 Å². The first-order valence-corrected chi connectivity index (χ1v) is 2.53. The molecule has 0 bridgehead atoms. The Hall–Kier alpha value is -0.990. The van der Waals surface area contributed by atoms with E-state index in [1.807, 2.05) is 0 Å². The Kier molecular flexibility index (Phi) is 1.20. The van der Waals surface area contributed by atoms with E-state index in [4.69, 9.17) is 5.73 Å². The van der Waals surface area contributed by atoms with Crippen molar-refractivity contribution >= 4 is 5.91 Å². The standard InChI is InChI=1S/C5H8N2O/c6-3-4-1-2-7-5(4)8/h3H,1-2,6H2,(H,7,8)/b4-3+. The fourth-order valence-corrected chi connectivity index (χ4v) is 0.697. The maximum atomic E-state index is 10.5. The van der Waals surface area contributed by atoms with Crippen molar-refractivity contribution in [1.29, 1.82) is 0 Å². The number of hydrogen-bond acceptors (Lipinski definition) is 2. The summed E-state index contributed by atoms with van der Waals surface area (Å²) in [6.45, 7) is 0.738. The summed E-state index contributed by atoms with van der Waals surface area (Å²) in [4.78, 5) is 10.5. The second-order valence-corrected chi connectivity index (χ2v) is 1.70. The summed E-state index contributed by atoms with van der Waals surface area (Å²) in [6.07, 6.45) is 2.14. The molecule has 3 N–H and O–H groups in total. The quantitative estimate of drug-likeness (QED) is 0.409. The largest absolute Gasteiger partial charge is 0.404 e. The van der Waals surface area contributed by atoms with Crippen molar-refractivity contribution in [2.24, 2.45) is 5.73 Å². The van der Waals surface area contributed by atoms with Crippen molar-refractivity contribution in [3.63, 3.8) is 0 Å². The molecule has 1 heterocycles. The summed E-state index contributed by atoms with van der Waals surface area (Å²) < 4.78 is 0. The van der Waals surface area contributed by atoms with Crippen LogP contribution in [-0.2, 0) is 4.79 Å². The van der Waals surface area contributed by atoms with Crippen LogP contribution in [0.4, 0.5) is 0 Å². The van der Waals surface area contributed by atoms with Gasteiger partial charge in [-0.2, -0.15) is 0 Å². The van der Waals surface area contributed by atoms with Crippen LogP contribution in [0.5, 0.6) is 0 Å². The predicted octanol–water partition coefficient (Wildman–Crippen LogP) is -0.651. The highest BCUT2D eigenvalue weighted by molar-refractivity contribution is 5.95. The van der Waals surface area contributed by atoms with E-state index in [0.717, 1.165) is 13.0 Å². The van der Waals surface area contributed by atoms with Crippen LogP contribution in [-0.4, -0.2) is 12.5 Å². The Morgan fingerprint density at radius 2 is 2.50 bits per heavy atom. The van der Waals surface area contributed by atoms with E-state index in [-0.39, 0.29) is 5.91 Å². The normalized spacial score (nSPS) is 24.0. The summed E-state index contributed by atoms with van der Waals surface area (Å²) in [6, 6.07) is 0. The van der Waals surface area contributed by atoms with Crippen molar-refractivity contribution < 1.29 is 4.79 Å². The summed E-state index contributed by atoms with van der Waals surface area (Å²) in [5.74, 6) is -0.0208. The first-order valence-electron chi connectivity index (χ1n) is 2.53. The molecule has 1 aliphatic rings. The average molecular weight is 112 g/mol. The molecule has 44 valence electrons. The summed E-state index contributed by atoms with van der Waals surface area (Å²) in [5, 5.41) is 2.63. The first-order chi connectivity index (χ1) is 3.84. The Labute approximate surface area is 47.6 Å². The molecule has 3 heteroatoms. The van der Waals surface area contributed by atoms with Crippen LogP contribution in [0.15, 0.2) is 11.8 Å². The van der Waals surface area contributed by atoms with Crippen LogP contribution in [0.1, 0.15) is 6.42 Å². The fraction of sp³-hybridized carbons (Fsp3) is 0.400. The van der Waals surface area contributed by atoms with Gasteiger partial charge in [0.15, 0.2) is 0 Å². The molecular formula is C5H8N2O. The van der Waals surface area contributed by atoms with E-state index in [1.54, 1.807) is 0 Å². The molecule has 0 spiro atoms. The van der Waals surface area contributed by atoms with Crippen LogP contribution < -0.4 is 11.1 Å². The zero-order valence-electron chi connectivity index (χ0n) is 4.48. The molecule has 1 fully saturated rings. The van der Waals surface area contributed by atoms with Crippen molar-refractivity contribution in [3.8, 4) is 0 Å². The lowest BCUT2D eigenvalue weighted by Gasteiger charge is -1.85. The molecule has 0 radical (unpaired) electrons. The van der Waals surface area contributed by atoms with E-state index in [1.165, 1.54) is 6.20 Å². The van der Waals surface area contributed by atoms with E-state index in [9.17, 15) is 4.79 Å². The van der Waals surface area contributed by atoms with Crippen LogP contribution >= 0.6 is 0 Å². The highest BCUT2D eigenvalue weighted by Crippen LogP contribution is 2.03. The Balaban J connectivity index is 2.69. The van der Waals surface area contributed by atoms with Gasteiger partial charge in [-0.25, -0.2) is 0 Å². The van der Waals surface area contributed by atoms with Crippen LogP contribution in [0, 0.1) is 0 Å². The lowest BCUT2D eigenvalue weighted by Crippen LogP contribution is -2.14. The third-order valence-electron chi connectivity index (χ3n) is 1.17. The molecule has 1 rings (SSSR count). The highest BCUT2D eigenvalue weighted by atomic mass is 16.1. The Bertz CT molecular complexity index is 139. The molecule has 0 atom stereocenters. The smallest absolute Gasteiger partial charge is 0.248 e. The summed E-state index contributed by atoms with van der Waals surface area (Å²) in [7, 11) is 0. The maximum absolute atomic E-state index is 10.5. The minimum atomic E-state index is -0.0208. The lowest BCUT2D eigenvalue weighted by atomic mass is 10.2. The fourth-order valence-electron chi connectivity index (χ4n) is 0.697. The SMILES string of the molecule is N/C=C1\CCNC1=O. The third kappa shape index (κ3) is 0.665. The Morgan fingerprint density at radius 1 is 1.75 bits per heavy atom. The monoisotopic (exact) mass is 112 g/mol. The van der Waals surface area contributed by atoms with E-state index >= 15 is 0 Å². The van der Waals surface area contributed by atoms with Gasteiger partial charge in [0.25, 0.3) is 0 Å². The maximum Gasteiger partial charge on any atom is 0.248 e. The first kappa shape index (κ1) is 5.15. The number of carbonyl (C=O) groups is 1. The molecule has 0 aromatic carbocycles. The van der Waals surface area contributed by atoms with E-state index in [0.29, 0.717) is 5.57 Å². The number of rotatable bonds is 0.